The molecule has 1 aromatic rings. The first-order valence-electron chi connectivity index (χ1n) is 8.00. The molecule has 0 aromatic carbocycles. The number of aromatic nitrogens is 3. The van der Waals surface area contributed by atoms with E-state index in [1.807, 2.05) is 11.7 Å². The first kappa shape index (κ1) is 14.0. The first-order valence-corrected chi connectivity index (χ1v) is 8.00. The SMILES string of the molecule is CC1CCNC2(CCCCC2)CN1Cc1ncnn1C. The van der Waals surface area contributed by atoms with Crippen molar-refractivity contribution in [2.75, 3.05) is 13.1 Å². The van der Waals surface area contributed by atoms with E-state index in [2.05, 4.69) is 27.2 Å². The van der Waals surface area contributed by atoms with Gasteiger partial charge in [-0.2, -0.15) is 5.10 Å². The molecule has 0 bridgehead atoms. The number of nitrogens with one attached hydrogen (secondary N) is 1. The Morgan fingerprint density at radius 3 is 2.85 bits per heavy atom. The Balaban J connectivity index is 1.74. The third kappa shape index (κ3) is 2.88. The molecule has 1 unspecified atom stereocenters. The number of hydrogen-bond donors (Lipinski definition) is 1. The Labute approximate surface area is 121 Å². The molecule has 1 atom stereocenters. The molecule has 1 aliphatic carbocycles. The lowest BCUT2D eigenvalue weighted by atomic mass is 9.81. The second kappa shape index (κ2) is 5.82. The molecule has 20 heavy (non-hydrogen) atoms. The number of nitrogens with zero attached hydrogens (tertiary/aromatic N) is 4. The summed E-state index contributed by atoms with van der Waals surface area (Å²) in [5.41, 5.74) is 0.349. The van der Waals surface area contributed by atoms with Gasteiger partial charge in [-0.25, -0.2) is 4.98 Å². The highest BCUT2D eigenvalue weighted by atomic mass is 15.3. The fraction of sp³-hybridized carbons (Fsp3) is 0.867. The fourth-order valence-electron chi connectivity index (χ4n) is 3.75. The lowest BCUT2D eigenvalue weighted by Crippen LogP contribution is -2.53. The zero-order valence-electron chi connectivity index (χ0n) is 12.8. The Morgan fingerprint density at radius 1 is 1.35 bits per heavy atom. The van der Waals surface area contributed by atoms with Gasteiger partial charge in [-0.3, -0.25) is 9.58 Å². The Kier molecular flexibility index (Phi) is 4.08. The van der Waals surface area contributed by atoms with Crippen LogP contribution in [0.1, 0.15) is 51.3 Å². The van der Waals surface area contributed by atoms with Gasteiger partial charge in [-0.1, -0.05) is 19.3 Å². The van der Waals surface area contributed by atoms with Crippen molar-refractivity contribution in [3.63, 3.8) is 0 Å². The van der Waals surface area contributed by atoms with E-state index in [1.54, 1.807) is 6.33 Å². The smallest absolute Gasteiger partial charge is 0.140 e. The molecule has 5 nitrogen and oxygen atoms in total. The van der Waals surface area contributed by atoms with Crippen molar-refractivity contribution in [1.82, 2.24) is 25.0 Å². The third-order valence-corrected chi connectivity index (χ3v) is 5.15. The van der Waals surface area contributed by atoms with Gasteiger partial charge < -0.3 is 5.32 Å². The van der Waals surface area contributed by atoms with Crippen molar-refractivity contribution in [3.8, 4) is 0 Å². The Hall–Kier alpha value is -0.940. The number of rotatable bonds is 2. The number of hydrogen-bond acceptors (Lipinski definition) is 4. The quantitative estimate of drug-likeness (QED) is 0.894. The van der Waals surface area contributed by atoms with Crippen molar-refractivity contribution in [1.29, 1.82) is 0 Å². The minimum absolute atomic E-state index is 0.349. The third-order valence-electron chi connectivity index (χ3n) is 5.15. The highest BCUT2D eigenvalue weighted by Gasteiger charge is 2.36. The topological polar surface area (TPSA) is 46.0 Å². The summed E-state index contributed by atoms with van der Waals surface area (Å²) in [7, 11) is 1.99. The molecule has 0 radical (unpaired) electrons. The van der Waals surface area contributed by atoms with Crippen LogP contribution in [0.25, 0.3) is 0 Å². The predicted molar refractivity (Wildman–Crippen MR) is 79.3 cm³/mol. The van der Waals surface area contributed by atoms with Gasteiger partial charge in [0.15, 0.2) is 0 Å². The highest BCUT2D eigenvalue weighted by Crippen LogP contribution is 2.31. The summed E-state index contributed by atoms with van der Waals surface area (Å²) in [5.74, 6) is 1.07. The van der Waals surface area contributed by atoms with E-state index in [9.17, 15) is 0 Å². The van der Waals surface area contributed by atoms with Crippen LogP contribution in [-0.2, 0) is 13.6 Å². The molecule has 1 saturated heterocycles. The Bertz CT molecular complexity index is 435. The van der Waals surface area contributed by atoms with E-state index in [0.717, 1.165) is 25.5 Å². The molecule has 0 amide bonds. The molecule has 2 aliphatic rings. The molecule has 112 valence electrons. The van der Waals surface area contributed by atoms with E-state index < -0.39 is 0 Å². The van der Waals surface area contributed by atoms with Gasteiger partial charge >= 0.3 is 0 Å². The van der Waals surface area contributed by atoms with E-state index >= 15 is 0 Å². The van der Waals surface area contributed by atoms with Crippen LogP contribution in [0.3, 0.4) is 0 Å². The van der Waals surface area contributed by atoms with Crippen molar-refractivity contribution in [2.45, 2.75) is 63.6 Å². The van der Waals surface area contributed by atoms with Gasteiger partial charge in [-0.05, 0) is 32.7 Å². The number of aryl methyl sites for hydroxylation is 1. The summed E-state index contributed by atoms with van der Waals surface area (Å²) < 4.78 is 1.90. The predicted octanol–water partition coefficient (Wildman–Crippen LogP) is 1.70. The van der Waals surface area contributed by atoms with E-state index in [4.69, 9.17) is 0 Å². The van der Waals surface area contributed by atoms with Crippen LogP contribution in [0.4, 0.5) is 0 Å². The van der Waals surface area contributed by atoms with Crippen LogP contribution in [0.15, 0.2) is 6.33 Å². The minimum Gasteiger partial charge on any atom is -0.310 e. The summed E-state index contributed by atoms with van der Waals surface area (Å²) >= 11 is 0. The average Bonchev–Trinajstić information content (AvgIpc) is 2.78. The molecule has 2 heterocycles. The monoisotopic (exact) mass is 277 g/mol. The lowest BCUT2D eigenvalue weighted by molar-refractivity contribution is 0.127. The molecular weight excluding hydrogens is 250 g/mol. The van der Waals surface area contributed by atoms with Crippen molar-refractivity contribution >= 4 is 0 Å². The molecular formula is C15H27N5. The minimum atomic E-state index is 0.349. The maximum atomic E-state index is 4.40. The molecule has 5 heteroatoms. The van der Waals surface area contributed by atoms with Crippen molar-refractivity contribution in [2.24, 2.45) is 7.05 Å². The standard InChI is InChI=1S/C15H27N5/c1-13-6-9-17-15(7-4-3-5-8-15)11-20(13)10-14-16-12-18-19(14)2/h12-13,17H,3-11H2,1-2H3. The van der Waals surface area contributed by atoms with Crippen LogP contribution in [0, 0.1) is 0 Å². The second-order valence-corrected chi connectivity index (χ2v) is 6.61. The normalized spacial score (nSPS) is 27.6. The van der Waals surface area contributed by atoms with E-state index in [0.29, 0.717) is 11.6 Å². The van der Waals surface area contributed by atoms with E-state index in [-0.39, 0.29) is 0 Å². The van der Waals surface area contributed by atoms with Crippen LogP contribution in [-0.4, -0.2) is 44.3 Å². The first-order chi connectivity index (χ1) is 9.69. The summed E-state index contributed by atoms with van der Waals surface area (Å²) in [6, 6.07) is 0.612. The summed E-state index contributed by atoms with van der Waals surface area (Å²) in [4.78, 5) is 7.00. The summed E-state index contributed by atoms with van der Waals surface area (Å²) in [5, 5.41) is 8.06. The Morgan fingerprint density at radius 2 is 2.15 bits per heavy atom. The fourth-order valence-corrected chi connectivity index (χ4v) is 3.75. The molecule has 1 saturated carbocycles. The van der Waals surface area contributed by atoms with E-state index in [1.165, 1.54) is 38.5 Å². The van der Waals surface area contributed by atoms with Crippen LogP contribution in [0.5, 0.6) is 0 Å². The van der Waals surface area contributed by atoms with Crippen LogP contribution in [0.2, 0.25) is 0 Å². The average molecular weight is 277 g/mol. The molecule has 1 N–H and O–H groups in total. The molecule has 3 rings (SSSR count). The van der Waals surface area contributed by atoms with Crippen molar-refractivity contribution < 1.29 is 0 Å². The molecule has 2 fully saturated rings. The molecule has 1 spiro atoms. The maximum absolute atomic E-state index is 4.40. The largest absolute Gasteiger partial charge is 0.310 e. The van der Waals surface area contributed by atoms with Crippen LogP contribution < -0.4 is 5.32 Å². The highest BCUT2D eigenvalue weighted by molar-refractivity contribution is 4.98. The lowest BCUT2D eigenvalue weighted by Gasteiger charge is -2.40. The van der Waals surface area contributed by atoms with Gasteiger partial charge in [0.25, 0.3) is 0 Å². The van der Waals surface area contributed by atoms with Crippen LogP contribution >= 0.6 is 0 Å². The summed E-state index contributed by atoms with van der Waals surface area (Å²) in [6.07, 6.45) is 9.69. The maximum Gasteiger partial charge on any atom is 0.140 e. The molecule has 1 aromatic heterocycles. The van der Waals surface area contributed by atoms with Gasteiger partial charge in [0.2, 0.25) is 0 Å². The van der Waals surface area contributed by atoms with Gasteiger partial charge in [-0.15, -0.1) is 0 Å². The summed E-state index contributed by atoms with van der Waals surface area (Å²) in [6.45, 7) is 5.57. The van der Waals surface area contributed by atoms with Gasteiger partial charge in [0, 0.05) is 25.2 Å². The van der Waals surface area contributed by atoms with Gasteiger partial charge in [0.05, 0.1) is 6.54 Å². The second-order valence-electron chi connectivity index (χ2n) is 6.61. The zero-order chi connectivity index (χ0) is 14.0. The van der Waals surface area contributed by atoms with Crippen molar-refractivity contribution in [3.05, 3.63) is 12.2 Å². The molecule has 1 aliphatic heterocycles. The zero-order valence-corrected chi connectivity index (χ0v) is 12.8. The van der Waals surface area contributed by atoms with Gasteiger partial charge in [0.1, 0.15) is 12.2 Å².